The first-order valence-electron chi connectivity index (χ1n) is 7.95. The topological polar surface area (TPSA) is 0 Å². The third kappa shape index (κ3) is 5.58. The van der Waals surface area contributed by atoms with E-state index in [0.717, 1.165) is 16.7 Å². The van der Waals surface area contributed by atoms with Crippen LogP contribution >= 0.6 is 0 Å². The number of hydrogen-bond donors (Lipinski definition) is 0. The monoisotopic (exact) mass is 310 g/mol. The van der Waals surface area contributed by atoms with Gasteiger partial charge in [-0.3, -0.25) is 0 Å². The highest BCUT2D eigenvalue weighted by Gasteiger charge is 1.95. The minimum atomic E-state index is 0.995. The van der Waals surface area contributed by atoms with E-state index in [9.17, 15) is 0 Å². The van der Waals surface area contributed by atoms with Crippen LogP contribution in [0.3, 0.4) is 0 Å². The van der Waals surface area contributed by atoms with Gasteiger partial charge in [-0.1, -0.05) is 122 Å². The lowest BCUT2D eigenvalue weighted by molar-refractivity contribution is 1.61. The van der Waals surface area contributed by atoms with Crippen molar-refractivity contribution in [3.05, 3.63) is 134 Å². The number of allylic oxidation sites excluding steroid dienone is 10. The Kier molecular flexibility index (Phi) is 7.04. The van der Waals surface area contributed by atoms with Gasteiger partial charge in [-0.25, -0.2) is 0 Å². The molecule has 2 rings (SSSR count). The normalized spacial score (nSPS) is 12.2. The molecule has 0 aliphatic heterocycles. The molecule has 0 heteroatoms. The minimum absolute atomic E-state index is 0.995. The fraction of sp³-hybridized carbons (Fsp3) is 0. The van der Waals surface area contributed by atoms with Gasteiger partial charge in [0.1, 0.15) is 0 Å². The van der Waals surface area contributed by atoms with Crippen LogP contribution in [-0.4, -0.2) is 0 Å². The third-order valence-corrected chi connectivity index (χ3v) is 3.46. The molecular weight excluding hydrogens is 288 g/mol. The van der Waals surface area contributed by atoms with Crippen LogP contribution in [0, 0.1) is 0 Å². The smallest absolute Gasteiger partial charge is 0.0184 e. The molecule has 0 fully saturated rings. The van der Waals surface area contributed by atoms with Crippen molar-refractivity contribution in [3.63, 3.8) is 0 Å². The van der Waals surface area contributed by atoms with Gasteiger partial charge >= 0.3 is 0 Å². The maximum atomic E-state index is 4.12. The van der Waals surface area contributed by atoms with Crippen LogP contribution < -0.4 is 0 Å². The molecule has 118 valence electrons. The van der Waals surface area contributed by atoms with E-state index in [1.807, 2.05) is 66.8 Å². The quantitative estimate of drug-likeness (QED) is 0.503. The van der Waals surface area contributed by atoms with Gasteiger partial charge in [0.25, 0.3) is 0 Å². The molecule has 0 spiro atoms. The summed E-state index contributed by atoms with van der Waals surface area (Å²) in [6.45, 7) is 7.80. The second-order valence-electron chi connectivity index (χ2n) is 5.22. The molecule has 0 saturated heterocycles. The van der Waals surface area contributed by atoms with Crippen molar-refractivity contribution in [2.24, 2.45) is 0 Å². The molecular formula is C24H22. The van der Waals surface area contributed by atoms with Gasteiger partial charge in [0.15, 0.2) is 0 Å². The van der Waals surface area contributed by atoms with Crippen LogP contribution in [0.25, 0.3) is 11.1 Å². The fourth-order valence-corrected chi connectivity index (χ4v) is 2.20. The van der Waals surface area contributed by atoms with Crippen LogP contribution in [0.4, 0.5) is 0 Å². The summed E-state index contributed by atoms with van der Waals surface area (Å²) in [5.41, 5.74) is 4.44. The molecule has 0 unspecified atom stereocenters. The van der Waals surface area contributed by atoms with Crippen LogP contribution in [0.2, 0.25) is 0 Å². The highest BCUT2D eigenvalue weighted by Crippen LogP contribution is 2.17. The molecule has 0 bridgehead atoms. The molecule has 0 heterocycles. The molecule has 24 heavy (non-hydrogen) atoms. The molecule has 0 amide bonds. The SMILES string of the molecule is C=CC=CC=CC(=CC=CC(=C)c1ccccc1)c1ccccc1. The standard InChI is InChI=1S/C24H22/c1-3-4-5-8-17-24(23-18-11-7-12-19-23)20-13-14-21(2)22-15-9-6-10-16-22/h3-20H,1-2H2. The van der Waals surface area contributed by atoms with Gasteiger partial charge < -0.3 is 0 Å². The van der Waals surface area contributed by atoms with E-state index in [0.29, 0.717) is 0 Å². The molecule has 0 N–H and O–H groups in total. The molecule has 0 atom stereocenters. The highest BCUT2D eigenvalue weighted by atomic mass is 14.0. The summed E-state index contributed by atoms with van der Waals surface area (Å²) >= 11 is 0. The maximum absolute atomic E-state index is 4.12. The van der Waals surface area contributed by atoms with E-state index < -0.39 is 0 Å². The molecule has 0 aliphatic rings. The Morgan fingerprint density at radius 3 is 1.92 bits per heavy atom. The van der Waals surface area contributed by atoms with E-state index in [4.69, 9.17) is 0 Å². The Balaban J connectivity index is 2.20. The molecule has 0 radical (unpaired) electrons. The summed E-state index contributed by atoms with van der Waals surface area (Å²) in [6.07, 6.45) is 15.9. The van der Waals surface area contributed by atoms with E-state index in [1.54, 1.807) is 6.08 Å². The molecule has 2 aromatic rings. The van der Waals surface area contributed by atoms with Crippen molar-refractivity contribution in [2.75, 3.05) is 0 Å². The lowest BCUT2D eigenvalue weighted by atomic mass is 10.0. The summed E-state index contributed by atoms with van der Waals surface area (Å²) in [5, 5.41) is 0. The summed E-state index contributed by atoms with van der Waals surface area (Å²) in [7, 11) is 0. The number of benzene rings is 2. The van der Waals surface area contributed by atoms with Crippen molar-refractivity contribution in [3.8, 4) is 0 Å². The molecule has 0 aromatic heterocycles. The van der Waals surface area contributed by atoms with Crippen molar-refractivity contribution in [1.82, 2.24) is 0 Å². The number of hydrogen-bond acceptors (Lipinski definition) is 0. The average Bonchev–Trinajstić information content (AvgIpc) is 2.65. The Morgan fingerprint density at radius 2 is 1.29 bits per heavy atom. The first-order chi connectivity index (χ1) is 11.8. The van der Waals surface area contributed by atoms with E-state index in [2.05, 4.69) is 49.6 Å². The zero-order chi connectivity index (χ0) is 17.0. The Morgan fingerprint density at radius 1 is 0.667 bits per heavy atom. The lowest BCUT2D eigenvalue weighted by Gasteiger charge is -2.01. The zero-order valence-electron chi connectivity index (χ0n) is 13.8. The molecule has 2 aromatic carbocycles. The number of rotatable bonds is 7. The Bertz CT molecular complexity index is 769. The first kappa shape index (κ1) is 17.2. The van der Waals surface area contributed by atoms with Crippen LogP contribution in [-0.2, 0) is 0 Å². The second kappa shape index (κ2) is 9.81. The van der Waals surface area contributed by atoms with Crippen molar-refractivity contribution in [1.29, 1.82) is 0 Å². The Hall–Kier alpha value is -3.12. The third-order valence-electron chi connectivity index (χ3n) is 3.46. The van der Waals surface area contributed by atoms with Gasteiger partial charge in [0, 0.05) is 0 Å². The van der Waals surface area contributed by atoms with E-state index in [1.165, 1.54) is 5.56 Å². The predicted octanol–water partition coefficient (Wildman–Crippen LogP) is 6.64. The van der Waals surface area contributed by atoms with Gasteiger partial charge in [-0.15, -0.1) is 0 Å². The minimum Gasteiger partial charge on any atom is -0.0991 e. The van der Waals surface area contributed by atoms with Crippen LogP contribution in [0.5, 0.6) is 0 Å². The molecule has 0 saturated carbocycles. The summed E-state index contributed by atoms with van der Waals surface area (Å²) < 4.78 is 0. The molecule has 0 nitrogen and oxygen atoms in total. The maximum Gasteiger partial charge on any atom is -0.0184 e. The van der Waals surface area contributed by atoms with Crippen molar-refractivity contribution >= 4 is 11.1 Å². The first-order valence-corrected chi connectivity index (χ1v) is 7.95. The van der Waals surface area contributed by atoms with Gasteiger partial charge in [-0.05, 0) is 22.3 Å². The van der Waals surface area contributed by atoms with Gasteiger partial charge in [0.05, 0.1) is 0 Å². The van der Waals surface area contributed by atoms with E-state index in [-0.39, 0.29) is 0 Å². The zero-order valence-corrected chi connectivity index (χ0v) is 13.8. The van der Waals surface area contributed by atoms with Crippen LogP contribution in [0.15, 0.2) is 122 Å². The largest absolute Gasteiger partial charge is 0.0991 e. The average molecular weight is 310 g/mol. The second-order valence-corrected chi connectivity index (χ2v) is 5.22. The predicted molar refractivity (Wildman–Crippen MR) is 108 cm³/mol. The highest BCUT2D eigenvalue weighted by molar-refractivity contribution is 5.77. The summed E-state index contributed by atoms with van der Waals surface area (Å²) in [4.78, 5) is 0. The van der Waals surface area contributed by atoms with Gasteiger partial charge in [0.2, 0.25) is 0 Å². The Labute approximate surface area is 145 Å². The summed E-state index contributed by atoms with van der Waals surface area (Å²) in [5.74, 6) is 0. The van der Waals surface area contributed by atoms with Crippen molar-refractivity contribution in [2.45, 2.75) is 0 Å². The van der Waals surface area contributed by atoms with E-state index >= 15 is 0 Å². The van der Waals surface area contributed by atoms with Crippen LogP contribution in [0.1, 0.15) is 11.1 Å². The molecule has 0 aliphatic carbocycles. The van der Waals surface area contributed by atoms with Gasteiger partial charge in [-0.2, -0.15) is 0 Å². The fourth-order valence-electron chi connectivity index (χ4n) is 2.20. The van der Waals surface area contributed by atoms with Crippen molar-refractivity contribution < 1.29 is 0 Å². The summed E-state index contributed by atoms with van der Waals surface area (Å²) in [6, 6.07) is 20.5. The lowest BCUT2D eigenvalue weighted by Crippen LogP contribution is -1.80.